The molecule has 4 heteroatoms. The van der Waals surface area contributed by atoms with Crippen LogP contribution in [-0.2, 0) is 4.79 Å². The van der Waals surface area contributed by atoms with Crippen LogP contribution in [0, 0.1) is 0 Å². The molecule has 0 aliphatic rings. The van der Waals surface area contributed by atoms with Crippen LogP contribution in [0.15, 0.2) is 11.6 Å². The first kappa shape index (κ1) is 9.28. The third kappa shape index (κ3) is 3.79. The second-order valence-corrected chi connectivity index (χ2v) is 3.76. The average molecular weight is 187 g/mol. The van der Waals surface area contributed by atoms with Crippen molar-refractivity contribution in [3.05, 3.63) is 11.6 Å². The Labute approximate surface area is 68.6 Å². The van der Waals surface area contributed by atoms with Gasteiger partial charge in [0.15, 0.2) is 0 Å². The smallest absolute Gasteiger partial charge is 0.212 e. The minimum atomic E-state index is -1.44. The highest BCUT2D eigenvalue weighted by atomic mass is 35.6. The van der Waals surface area contributed by atoms with Gasteiger partial charge in [0.25, 0.3) is 0 Å². The molecule has 1 nitrogen and oxygen atoms in total. The Morgan fingerprint density at radius 1 is 1.44 bits per heavy atom. The Morgan fingerprint density at radius 3 is 2.00 bits per heavy atom. The molecule has 0 aromatic rings. The molecule has 9 heavy (non-hydrogen) atoms. The van der Waals surface area contributed by atoms with E-state index in [-0.39, 0.29) is 0 Å². The molecule has 0 saturated carbocycles. The van der Waals surface area contributed by atoms with Gasteiger partial charge in [-0.3, -0.25) is 4.79 Å². The van der Waals surface area contributed by atoms with Crippen LogP contribution >= 0.6 is 34.8 Å². The van der Waals surface area contributed by atoms with Gasteiger partial charge in [-0.2, -0.15) is 0 Å². The van der Waals surface area contributed by atoms with Crippen LogP contribution in [0.5, 0.6) is 0 Å². The molecule has 0 aromatic heterocycles. The van der Waals surface area contributed by atoms with E-state index in [0.717, 1.165) is 0 Å². The quantitative estimate of drug-likeness (QED) is 0.350. The Bertz CT molecular complexity index is 134. The molecule has 0 rings (SSSR count). The maximum Gasteiger partial charge on any atom is 0.212 e. The number of hydrogen-bond acceptors (Lipinski definition) is 1. The van der Waals surface area contributed by atoms with Crippen LogP contribution < -0.4 is 0 Å². The fraction of sp³-hybridized carbons (Fsp3) is 0.400. The summed E-state index contributed by atoms with van der Waals surface area (Å²) in [4.78, 5) is 9.81. The minimum Gasteiger partial charge on any atom is -0.299 e. The zero-order chi connectivity index (χ0) is 7.49. The van der Waals surface area contributed by atoms with Crippen LogP contribution in [0.3, 0.4) is 0 Å². The van der Waals surface area contributed by atoms with Gasteiger partial charge in [-0.25, -0.2) is 0 Å². The van der Waals surface area contributed by atoms with Crippen molar-refractivity contribution in [2.75, 3.05) is 0 Å². The van der Waals surface area contributed by atoms with Crippen molar-refractivity contribution < 1.29 is 4.79 Å². The van der Waals surface area contributed by atoms with Crippen molar-refractivity contribution >= 4 is 41.1 Å². The summed E-state index contributed by atoms with van der Waals surface area (Å²) in [5.74, 6) is 0. The lowest BCUT2D eigenvalue weighted by molar-refractivity contribution is -0.104. The first-order valence-corrected chi connectivity index (χ1v) is 3.31. The summed E-state index contributed by atoms with van der Waals surface area (Å²) in [7, 11) is 0. The van der Waals surface area contributed by atoms with E-state index in [1.54, 1.807) is 6.92 Å². The molecule has 0 aromatic carbocycles. The van der Waals surface area contributed by atoms with Gasteiger partial charge in [-0.05, 0) is 18.6 Å². The summed E-state index contributed by atoms with van der Waals surface area (Å²) < 4.78 is -1.44. The lowest BCUT2D eigenvalue weighted by Gasteiger charge is -2.08. The third-order valence-corrected chi connectivity index (χ3v) is 1.66. The molecule has 0 aliphatic heterocycles. The molecule has 0 saturated heterocycles. The van der Waals surface area contributed by atoms with Crippen molar-refractivity contribution in [3.8, 4) is 0 Å². The molecule has 0 spiro atoms. The van der Waals surface area contributed by atoms with Crippen LogP contribution in [0.2, 0.25) is 0 Å². The topological polar surface area (TPSA) is 17.1 Å². The standard InChI is InChI=1S/C5H5Cl3O/c1-4(2-3-9)5(6,7)8/h2-3H,1H3/b4-2-. The van der Waals surface area contributed by atoms with Gasteiger partial charge in [-0.1, -0.05) is 34.8 Å². The van der Waals surface area contributed by atoms with E-state index in [1.807, 2.05) is 0 Å². The van der Waals surface area contributed by atoms with Crippen molar-refractivity contribution in [2.45, 2.75) is 10.7 Å². The lowest BCUT2D eigenvalue weighted by Crippen LogP contribution is -2.03. The molecule has 0 amide bonds. The molecule has 0 aliphatic carbocycles. The molecule has 52 valence electrons. The first-order valence-electron chi connectivity index (χ1n) is 2.17. The Balaban J connectivity index is 4.19. The Morgan fingerprint density at radius 2 is 1.89 bits per heavy atom. The summed E-state index contributed by atoms with van der Waals surface area (Å²) in [6.07, 6.45) is 1.80. The molecule has 0 unspecified atom stereocenters. The van der Waals surface area contributed by atoms with Crippen molar-refractivity contribution in [1.82, 2.24) is 0 Å². The van der Waals surface area contributed by atoms with Crippen LogP contribution in [0.1, 0.15) is 6.92 Å². The fourth-order valence-electron chi connectivity index (χ4n) is 0.197. The fourth-order valence-corrected chi connectivity index (χ4v) is 0.386. The zero-order valence-electron chi connectivity index (χ0n) is 4.70. The molecular formula is C5H5Cl3O. The molecule has 0 fully saturated rings. The van der Waals surface area contributed by atoms with Gasteiger partial charge >= 0.3 is 0 Å². The van der Waals surface area contributed by atoms with E-state index in [9.17, 15) is 4.79 Å². The average Bonchev–Trinajstić information content (AvgIpc) is 1.64. The van der Waals surface area contributed by atoms with Crippen molar-refractivity contribution in [3.63, 3.8) is 0 Å². The monoisotopic (exact) mass is 186 g/mol. The number of allylic oxidation sites excluding steroid dienone is 2. The number of rotatable bonds is 1. The predicted octanol–water partition coefficient (Wildman–Crippen LogP) is 2.50. The largest absolute Gasteiger partial charge is 0.299 e. The van der Waals surface area contributed by atoms with E-state index in [0.29, 0.717) is 11.9 Å². The van der Waals surface area contributed by atoms with Gasteiger partial charge in [0.1, 0.15) is 6.29 Å². The number of alkyl halides is 3. The minimum absolute atomic E-state index is 0.419. The van der Waals surface area contributed by atoms with E-state index >= 15 is 0 Å². The van der Waals surface area contributed by atoms with E-state index in [1.165, 1.54) is 6.08 Å². The lowest BCUT2D eigenvalue weighted by atomic mass is 10.3. The van der Waals surface area contributed by atoms with Crippen molar-refractivity contribution in [1.29, 1.82) is 0 Å². The number of halogens is 3. The van der Waals surface area contributed by atoms with Gasteiger partial charge < -0.3 is 0 Å². The molecule has 0 heterocycles. The first-order chi connectivity index (χ1) is 3.98. The summed E-state index contributed by atoms with van der Waals surface area (Å²) in [6, 6.07) is 0. The van der Waals surface area contributed by atoms with E-state index in [2.05, 4.69) is 0 Å². The van der Waals surface area contributed by atoms with E-state index in [4.69, 9.17) is 34.8 Å². The summed E-state index contributed by atoms with van der Waals surface area (Å²) >= 11 is 16.1. The van der Waals surface area contributed by atoms with E-state index < -0.39 is 3.79 Å². The third-order valence-electron chi connectivity index (χ3n) is 0.765. The normalized spacial score (nSPS) is 13.6. The molecule has 0 N–H and O–H groups in total. The van der Waals surface area contributed by atoms with Crippen LogP contribution in [0.25, 0.3) is 0 Å². The summed E-state index contributed by atoms with van der Waals surface area (Å²) in [5, 5.41) is 0. The second kappa shape index (κ2) is 3.45. The van der Waals surface area contributed by atoms with Gasteiger partial charge in [0, 0.05) is 0 Å². The predicted molar refractivity (Wildman–Crippen MR) is 40.1 cm³/mol. The van der Waals surface area contributed by atoms with Crippen LogP contribution in [0.4, 0.5) is 0 Å². The zero-order valence-corrected chi connectivity index (χ0v) is 6.96. The Hall–Kier alpha value is 0.280. The molecular weight excluding hydrogens is 182 g/mol. The van der Waals surface area contributed by atoms with Gasteiger partial charge in [0.2, 0.25) is 3.79 Å². The number of aldehydes is 1. The van der Waals surface area contributed by atoms with Gasteiger partial charge in [0.05, 0.1) is 0 Å². The highest BCUT2D eigenvalue weighted by molar-refractivity contribution is 6.69. The highest BCUT2D eigenvalue weighted by Crippen LogP contribution is 2.33. The number of hydrogen-bond donors (Lipinski definition) is 0. The Kier molecular flexibility index (Phi) is 3.56. The summed E-state index contributed by atoms with van der Waals surface area (Å²) in [6.45, 7) is 1.57. The molecule has 0 bridgehead atoms. The van der Waals surface area contributed by atoms with Gasteiger partial charge in [-0.15, -0.1) is 0 Å². The van der Waals surface area contributed by atoms with Crippen molar-refractivity contribution in [2.24, 2.45) is 0 Å². The SMILES string of the molecule is C/C(=C/C=O)C(Cl)(Cl)Cl. The molecule has 0 radical (unpaired) electrons. The van der Waals surface area contributed by atoms with Crippen LogP contribution in [-0.4, -0.2) is 10.1 Å². The summed E-state index contributed by atoms with van der Waals surface area (Å²) in [5.41, 5.74) is 0.419. The number of carbonyl (C=O) groups is 1. The maximum absolute atomic E-state index is 9.81. The molecule has 0 atom stereocenters. The highest BCUT2D eigenvalue weighted by Gasteiger charge is 2.21. The maximum atomic E-state index is 9.81. The number of carbonyl (C=O) groups excluding carboxylic acids is 1. The second-order valence-electron chi connectivity index (χ2n) is 1.48.